The molecule has 0 radical (unpaired) electrons. The van der Waals surface area contributed by atoms with Crippen LogP contribution in [0.2, 0.25) is 0 Å². The van der Waals surface area contributed by atoms with Crippen molar-refractivity contribution in [3.8, 4) is 0 Å². The summed E-state index contributed by atoms with van der Waals surface area (Å²) in [6, 6.07) is -0.810. The molecular formula is C4H10N2O3. The zero-order valence-corrected chi connectivity index (χ0v) is 5.13. The van der Waals surface area contributed by atoms with Gasteiger partial charge in [0, 0.05) is 0 Å². The predicted molar refractivity (Wildman–Crippen MR) is 30.2 cm³/mol. The van der Waals surface area contributed by atoms with Crippen molar-refractivity contribution in [2.45, 2.75) is 6.04 Å². The van der Waals surface area contributed by atoms with Crippen molar-refractivity contribution in [3.63, 3.8) is 0 Å². The Labute approximate surface area is 52.8 Å². The average Bonchev–Trinajstić information content (AvgIpc) is 1.90. The van der Waals surface area contributed by atoms with E-state index < -0.39 is 12.0 Å². The van der Waals surface area contributed by atoms with Gasteiger partial charge in [0.1, 0.15) is 6.04 Å². The van der Waals surface area contributed by atoms with E-state index in [1.54, 1.807) is 0 Å². The van der Waals surface area contributed by atoms with Crippen LogP contribution in [0.15, 0.2) is 0 Å². The van der Waals surface area contributed by atoms with Gasteiger partial charge in [0.15, 0.2) is 0 Å². The summed E-state index contributed by atoms with van der Waals surface area (Å²) in [6.45, 7) is -0.358. The van der Waals surface area contributed by atoms with E-state index in [4.69, 9.17) is 10.9 Å². The summed E-state index contributed by atoms with van der Waals surface area (Å²) in [5.41, 5.74) is 2.08. The summed E-state index contributed by atoms with van der Waals surface area (Å²) in [5.74, 6) is 4.28. The largest absolute Gasteiger partial charge is 0.468 e. The van der Waals surface area contributed by atoms with Gasteiger partial charge in [0.25, 0.3) is 0 Å². The van der Waals surface area contributed by atoms with E-state index in [1.807, 2.05) is 0 Å². The quantitative estimate of drug-likeness (QED) is 0.236. The molecule has 1 atom stereocenters. The van der Waals surface area contributed by atoms with E-state index in [-0.39, 0.29) is 6.61 Å². The number of carbonyl (C=O) groups is 1. The second kappa shape index (κ2) is 4.25. The van der Waals surface area contributed by atoms with Crippen molar-refractivity contribution in [2.75, 3.05) is 13.7 Å². The number of ether oxygens (including phenoxy) is 1. The van der Waals surface area contributed by atoms with Crippen LogP contribution in [0.25, 0.3) is 0 Å². The van der Waals surface area contributed by atoms with Crippen LogP contribution in [-0.4, -0.2) is 30.8 Å². The smallest absolute Gasteiger partial charge is 0.326 e. The third-order valence-corrected chi connectivity index (χ3v) is 0.869. The maximum atomic E-state index is 10.4. The molecule has 0 aliphatic rings. The van der Waals surface area contributed by atoms with Gasteiger partial charge in [-0.1, -0.05) is 0 Å². The molecule has 0 aromatic rings. The van der Waals surface area contributed by atoms with E-state index in [2.05, 4.69) is 10.2 Å². The number of hydrogen-bond acceptors (Lipinski definition) is 5. The maximum absolute atomic E-state index is 10.4. The molecular weight excluding hydrogens is 124 g/mol. The SMILES string of the molecule is COC(=O)C(CO)NN. The molecule has 0 saturated carbocycles. The summed E-state index contributed by atoms with van der Waals surface area (Å²) < 4.78 is 4.25. The molecule has 4 N–H and O–H groups in total. The molecule has 54 valence electrons. The Hall–Kier alpha value is -0.650. The first-order chi connectivity index (χ1) is 4.26. The number of methoxy groups -OCH3 is 1. The molecule has 0 aliphatic carbocycles. The molecule has 0 saturated heterocycles. The van der Waals surface area contributed by atoms with Crippen LogP contribution in [0.1, 0.15) is 0 Å². The van der Waals surface area contributed by atoms with E-state index in [1.165, 1.54) is 7.11 Å². The molecule has 0 fully saturated rings. The lowest BCUT2D eigenvalue weighted by molar-refractivity contribution is -0.144. The molecule has 0 aromatic heterocycles. The number of aliphatic hydroxyl groups is 1. The fourth-order valence-electron chi connectivity index (χ4n) is 0.338. The fourth-order valence-corrected chi connectivity index (χ4v) is 0.338. The fraction of sp³-hybridized carbons (Fsp3) is 0.750. The monoisotopic (exact) mass is 134 g/mol. The highest BCUT2D eigenvalue weighted by Crippen LogP contribution is 1.81. The van der Waals surface area contributed by atoms with E-state index in [0.29, 0.717) is 0 Å². The summed E-state index contributed by atoms with van der Waals surface area (Å²) in [5, 5.41) is 8.38. The van der Waals surface area contributed by atoms with Crippen molar-refractivity contribution < 1.29 is 14.6 Å². The van der Waals surface area contributed by atoms with Gasteiger partial charge in [-0.05, 0) is 0 Å². The Balaban J connectivity index is 3.64. The van der Waals surface area contributed by atoms with Crippen LogP contribution < -0.4 is 11.3 Å². The first-order valence-electron chi connectivity index (χ1n) is 2.41. The standard InChI is InChI=1S/C4H10N2O3/c1-9-4(8)3(2-7)6-5/h3,6-7H,2,5H2,1H3. The number of carbonyl (C=O) groups excluding carboxylic acids is 1. The van der Waals surface area contributed by atoms with Gasteiger partial charge in [-0.3, -0.25) is 10.6 Å². The van der Waals surface area contributed by atoms with Crippen LogP contribution in [-0.2, 0) is 9.53 Å². The van der Waals surface area contributed by atoms with Gasteiger partial charge in [0.2, 0.25) is 0 Å². The van der Waals surface area contributed by atoms with Crippen molar-refractivity contribution in [3.05, 3.63) is 0 Å². The number of aliphatic hydroxyl groups excluding tert-OH is 1. The van der Waals surface area contributed by atoms with Gasteiger partial charge < -0.3 is 9.84 Å². The lowest BCUT2D eigenvalue weighted by atomic mass is 10.3. The second-order valence-corrected chi connectivity index (χ2v) is 1.42. The van der Waals surface area contributed by atoms with Crippen LogP contribution in [0.4, 0.5) is 0 Å². The lowest BCUT2D eigenvalue weighted by Crippen LogP contribution is -2.44. The number of hydrazine groups is 1. The van der Waals surface area contributed by atoms with Crippen molar-refractivity contribution in [1.29, 1.82) is 0 Å². The van der Waals surface area contributed by atoms with Gasteiger partial charge in [-0.25, -0.2) is 5.43 Å². The molecule has 0 rings (SSSR count). The molecule has 0 spiro atoms. The van der Waals surface area contributed by atoms with Gasteiger partial charge in [0.05, 0.1) is 13.7 Å². The molecule has 1 unspecified atom stereocenters. The molecule has 9 heavy (non-hydrogen) atoms. The lowest BCUT2D eigenvalue weighted by Gasteiger charge is -2.08. The molecule has 0 bridgehead atoms. The van der Waals surface area contributed by atoms with Crippen molar-refractivity contribution in [1.82, 2.24) is 5.43 Å². The number of nitrogens with two attached hydrogens (primary N) is 1. The summed E-state index contributed by atoms with van der Waals surface area (Å²) in [4.78, 5) is 10.4. The van der Waals surface area contributed by atoms with E-state index in [9.17, 15) is 4.79 Å². The van der Waals surface area contributed by atoms with Crippen LogP contribution in [0.3, 0.4) is 0 Å². The topological polar surface area (TPSA) is 84.6 Å². The van der Waals surface area contributed by atoms with Gasteiger partial charge in [-0.15, -0.1) is 0 Å². The minimum atomic E-state index is -0.810. The highest BCUT2D eigenvalue weighted by Gasteiger charge is 2.14. The molecule has 0 heterocycles. The minimum absolute atomic E-state index is 0.358. The Morgan fingerprint density at radius 3 is 2.67 bits per heavy atom. The third kappa shape index (κ3) is 2.41. The number of rotatable bonds is 3. The first-order valence-corrected chi connectivity index (χ1v) is 2.41. The van der Waals surface area contributed by atoms with Gasteiger partial charge >= 0.3 is 5.97 Å². The average molecular weight is 134 g/mol. The molecule has 5 nitrogen and oxygen atoms in total. The molecule has 0 aliphatic heterocycles. The number of hydrogen-bond donors (Lipinski definition) is 3. The highest BCUT2D eigenvalue weighted by molar-refractivity contribution is 5.75. The first kappa shape index (κ1) is 8.35. The normalized spacial score (nSPS) is 12.8. The van der Waals surface area contributed by atoms with Crippen molar-refractivity contribution >= 4 is 5.97 Å². The van der Waals surface area contributed by atoms with Crippen LogP contribution in [0, 0.1) is 0 Å². The maximum Gasteiger partial charge on any atom is 0.326 e. The number of nitrogens with one attached hydrogen (secondary N) is 1. The Morgan fingerprint density at radius 2 is 2.56 bits per heavy atom. The zero-order valence-electron chi connectivity index (χ0n) is 5.13. The zero-order chi connectivity index (χ0) is 7.28. The molecule has 5 heteroatoms. The molecule has 0 amide bonds. The van der Waals surface area contributed by atoms with Crippen LogP contribution >= 0.6 is 0 Å². The summed E-state index contributed by atoms with van der Waals surface area (Å²) >= 11 is 0. The summed E-state index contributed by atoms with van der Waals surface area (Å²) in [7, 11) is 1.22. The van der Waals surface area contributed by atoms with E-state index in [0.717, 1.165) is 0 Å². The second-order valence-electron chi connectivity index (χ2n) is 1.42. The van der Waals surface area contributed by atoms with Crippen LogP contribution in [0.5, 0.6) is 0 Å². The Kier molecular flexibility index (Phi) is 3.94. The summed E-state index contributed by atoms with van der Waals surface area (Å²) in [6.07, 6.45) is 0. The van der Waals surface area contributed by atoms with E-state index >= 15 is 0 Å². The van der Waals surface area contributed by atoms with Crippen molar-refractivity contribution in [2.24, 2.45) is 5.84 Å². The Morgan fingerprint density at radius 1 is 2.00 bits per heavy atom. The minimum Gasteiger partial charge on any atom is -0.468 e. The molecule has 0 aromatic carbocycles. The number of esters is 1. The third-order valence-electron chi connectivity index (χ3n) is 0.869. The predicted octanol–water partition coefficient (Wildman–Crippen LogP) is -2.02. The highest BCUT2D eigenvalue weighted by atomic mass is 16.5. The van der Waals surface area contributed by atoms with Gasteiger partial charge in [-0.2, -0.15) is 0 Å². The Bertz CT molecular complexity index is 91.8.